The molecule has 1 saturated heterocycles. The lowest BCUT2D eigenvalue weighted by Crippen LogP contribution is -2.47. The predicted molar refractivity (Wildman–Crippen MR) is 129 cm³/mol. The van der Waals surface area contributed by atoms with E-state index < -0.39 is 0 Å². The second-order valence-electron chi connectivity index (χ2n) is 8.27. The number of hydrogen-bond acceptors (Lipinski definition) is 4. The average molecular weight is 442 g/mol. The lowest BCUT2D eigenvalue weighted by atomic mass is 10.2. The van der Waals surface area contributed by atoms with Crippen LogP contribution >= 0.6 is 12.4 Å². The van der Waals surface area contributed by atoms with Crippen LogP contribution in [-0.2, 0) is 6.54 Å². The summed E-state index contributed by atoms with van der Waals surface area (Å²) in [5.74, 6) is 1.08. The van der Waals surface area contributed by atoms with E-state index in [0.29, 0.717) is 0 Å². The number of piperazine rings is 1. The number of benzene rings is 1. The molecule has 0 spiro atoms. The first kappa shape index (κ1) is 23.1. The van der Waals surface area contributed by atoms with E-state index in [2.05, 4.69) is 59.0 Å². The Kier molecular flexibility index (Phi) is 7.57. The fourth-order valence-corrected chi connectivity index (χ4v) is 4.18. The van der Waals surface area contributed by atoms with E-state index in [9.17, 15) is 4.79 Å². The number of hydrogen-bond donors (Lipinski definition) is 0. The molecule has 6 nitrogen and oxygen atoms in total. The largest absolute Gasteiger partial charge is 0.354 e. The summed E-state index contributed by atoms with van der Waals surface area (Å²) in [6.07, 6.45) is 2.85. The molecule has 1 aromatic carbocycles. The predicted octanol–water partition coefficient (Wildman–Crippen LogP) is 3.59. The van der Waals surface area contributed by atoms with Crippen LogP contribution in [0.4, 0.5) is 5.82 Å². The van der Waals surface area contributed by atoms with Crippen LogP contribution < -0.4 is 10.5 Å². The molecule has 0 bridgehead atoms. The first-order valence-electron chi connectivity index (χ1n) is 10.8. The van der Waals surface area contributed by atoms with E-state index in [1.54, 1.807) is 6.07 Å². The second-order valence-corrected chi connectivity index (χ2v) is 8.27. The lowest BCUT2D eigenvalue weighted by molar-refractivity contribution is 0.247. The fourth-order valence-electron chi connectivity index (χ4n) is 4.18. The van der Waals surface area contributed by atoms with Crippen LogP contribution in [-0.4, -0.2) is 52.0 Å². The van der Waals surface area contributed by atoms with Crippen LogP contribution in [0, 0.1) is 20.8 Å². The van der Waals surface area contributed by atoms with Crippen molar-refractivity contribution in [2.75, 3.05) is 37.6 Å². The van der Waals surface area contributed by atoms with Crippen molar-refractivity contribution >= 4 is 18.2 Å². The molecule has 1 aliphatic rings. The van der Waals surface area contributed by atoms with Gasteiger partial charge >= 0.3 is 0 Å². The maximum absolute atomic E-state index is 12.5. The van der Waals surface area contributed by atoms with Gasteiger partial charge < -0.3 is 4.90 Å². The quantitative estimate of drug-likeness (QED) is 0.586. The summed E-state index contributed by atoms with van der Waals surface area (Å²) in [4.78, 5) is 21.9. The Hall–Kier alpha value is -2.57. The van der Waals surface area contributed by atoms with Gasteiger partial charge in [-0.2, -0.15) is 0 Å². The highest BCUT2D eigenvalue weighted by atomic mass is 35.5. The molecular formula is C24H32ClN5O. The molecular weight excluding hydrogens is 410 g/mol. The third-order valence-corrected chi connectivity index (χ3v) is 5.88. The highest BCUT2D eigenvalue weighted by Gasteiger charge is 2.18. The smallest absolute Gasteiger partial charge is 0.267 e. The first-order valence-corrected chi connectivity index (χ1v) is 10.8. The molecule has 0 aliphatic carbocycles. The van der Waals surface area contributed by atoms with Crippen LogP contribution in [0.15, 0.2) is 53.5 Å². The number of aromatic nitrogens is 3. The molecule has 2 aromatic heterocycles. The molecule has 166 valence electrons. The van der Waals surface area contributed by atoms with Gasteiger partial charge in [0.25, 0.3) is 5.56 Å². The van der Waals surface area contributed by atoms with E-state index in [0.717, 1.165) is 62.9 Å². The van der Waals surface area contributed by atoms with Crippen molar-refractivity contribution in [3.63, 3.8) is 0 Å². The van der Waals surface area contributed by atoms with Crippen LogP contribution in [0.5, 0.6) is 0 Å². The van der Waals surface area contributed by atoms with Gasteiger partial charge in [-0.1, -0.05) is 17.7 Å². The SMILES string of the molecule is Cc1ccc(-n2c(C)cc(=O)n2CCCN2CCN(c3cc(C)ccn3)CC2)cc1.Cl. The number of anilines is 1. The van der Waals surface area contributed by atoms with Gasteiger partial charge in [-0.3, -0.25) is 14.4 Å². The molecule has 3 heterocycles. The topological polar surface area (TPSA) is 46.3 Å². The highest BCUT2D eigenvalue weighted by Crippen LogP contribution is 2.15. The van der Waals surface area contributed by atoms with Crippen molar-refractivity contribution in [2.24, 2.45) is 0 Å². The molecule has 0 radical (unpaired) electrons. The van der Waals surface area contributed by atoms with Gasteiger partial charge in [0, 0.05) is 57.2 Å². The van der Waals surface area contributed by atoms with Gasteiger partial charge in [-0.15, -0.1) is 12.4 Å². The van der Waals surface area contributed by atoms with Crippen molar-refractivity contribution in [2.45, 2.75) is 33.7 Å². The van der Waals surface area contributed by atoms with Gasteiger partial charge in [0.05, 0.1) is 5.69 Å². The third-order valence-electron chi connectivity index (χ3n) is 5.88. The van der Waals surface area contributed by atoms with Crippen LogP contribution in [0.2, 0.25) is 0 Å². The number of nitrogens with zero attached hydrogens (tertiary/aromatic N) is 5. The maximum atomic E-state index is 12.5. The zero-order valence-corrected chi connectivity index (χ0v) is 19.4. The molecule has 0 amide bonds. The maximum Gasteiger partial charge on any atom is 0.267 e. The molecule has 0 unspecified atom stereocenters. The van der Waals surface area contributed by atoms with E-state index >= 15 is 0 Å². The van der Waals surface area contributed by atoms with Crippen LogP contribution in [0.25, 0.3) is 5.69 Å². The van der Waals surface area contributed by atoms with Crippen molar-refractivity contribution in [1.82, 2.24) is 19.2 Å². The van der Waals surface area contributed by atoms with Gasteiger partial charge in [-0.25, -0.2) is 9.67 Å². The van der Waals surface area contributed by atoms with Gasteiger partial charge in [0.2, 0.25) is 0 Å². The van der Waals surface area contributed by atoms with Crippen LogP contribution in [0.1, 0.15) is 23.2 Å². The van der Waals surface area contributed by atoms with Gasteiger partial charge in [0.15, 0.2) is 0 Å². The number of aryl methyl sites for hydroxylation is 3. The summed E-state index contributed by atoms with van der Waals surface area (Å²) in [7, 11) is 0. The Labute approximate surface area is 190 Å². The summed E-state index contributed by atoms with van der Waals surface area (Å²) in [5.41, 5.74) is 4.56. The number of halogens is 1. The minimum Gasteiger partial charge on any atom is -0.354 e. The molecule has 31 heavy (non-hydrogen) atoms. The Morgan fingerprint density at radius 2 is 1.58 bits per heavy atom. The van der Waals surface area contributed by atoms with Crippen LogP contribution in [0.3, 0.4) is 0 Å². The monoisotopic (exact) mass is 441 g/mol. The first-order chi connectivity index (χ1) is 14.5. The second kappa shape index (κ2) is 10.2. The standard InChI is InChI=1S/C24H31N5O.ClH/c1-19-5-7-22(8-6-19)29-21(3)18-24(30)28(29)12-4-11-26-13-15-27(16-14-26)23-17-20(2)9-10-25-23;/h5-10,17-18H,4,11-16H2,1-3H3;1H. The van der Waals surface area contributed by atoms with Crippen molar-refractivity contribution in [3.8, 4) is 5.69 Å². The van der Waals surface area contributed by atoms with Gasteiger partial charge in [-0.05, 0) is 57.0 Å². The molecule has 0 atom stereocenters. The normalized spacial score (nSPS) is 14.5. The van der Waals surface area contributed by atoms with E-state index in [1.165, 1.54) is 11.1 Å². The molecule has 0 N–H and O–H groups in total. The molecule has 7 heteroatoms. The highest BCUT2D eigenvalue weighted by molar-refractivity contribution is 5.85. The van der Waals surface area contributed by atoms with Crippen molar-refractivity contribution in [1.29, 1.82) is 0 Å². The molecule has 1 fully saturated rings. The third kappa shape index (κ3) is 5.38. The fraction of sp³-hybridized carbons (Fsp3) is 0.417. The van der Waals surface area contributed by atoms with Crippen molar-refractivity contribution < 1.29 is 0 Å². The summed E-state index contributed by atoms with van der Waals surface area (Å²) in [6, 6.07) is 14.3. The summed E-state index contributed by atoms with van der Waals surface area (Å²) < 4.78 is 3.91. The molecule has 3 aromatic rings. The van der Waals surface area contributed by atoms with E-state index in [4.69, 9.17) is 0 Å². The summed E-state index contributed by atoms with van der Waals surface area (Å²) >= 11 is 0. The Morgan fingerprint density at radius 3 is 2.26 bits per heavy atom. The Bertz CT molecular complexity index is 1050. The van der Waals surface area contributed by atoms with E-state index in [-0.39, 0.29) is 18.0 Å². The van der Waals surface area contributed by atoms with Crippen molar-refractivity contribution in [3.05, 3.63) is 75.8 Å². The summed E-state index contributed by atoms with van der Waals surface area (Å²) in [5, 5.41) is 0. The molecule has 0 saturated carbocycles. The number of rotatable bonds is 6. The Morgan fingerprint density at radius 1 is 0.871 bits per heavy atom. The summed E-state index contributed by atoms with van der Waals surface area (Å²) in [6.45, 7) is 12.0. The minimum absolute atomic E-state index is 0. The molecule has 4 rings (SSSR count). The Balaban J connectivity index is 0.00000272. The average Bonchev–Trinajstić information content (AvgIpc) is 3.02. The lowest BCUT2D eigenvalue weighted by Gasteiger charge is -2.35. The zero-order chi connectivity index (χ0) is 21.1. The van der Waals surface area contributed by atoms with E-state index in [1.807, 2.05) is 28.6 Å². The van der Waals surface area contributed by atoms with Gasteiger partial charge in [0.1, 0.15) is 5.82 Å². The zero-order valence-electron chi connectivity index (χ0n) is 18.6. The minimum atomic E-state index is 0. The number of pyridine rings is 1. The molecule has 1 aliphatic heterocycles.